The number of imide groups is 1. The van der Waals surface area contributed by atoms with Crippen LogP contribution < -0.4 is 4.74 Å². The van der Waals surface area contributed by atoms with Crippen molar-refractivity contribution in [2.75, 3.05) is 47.0 Å². The number of amides is 3. The maximum atomic E-state index is 13.4. The standard InChI is InChI=1S/C23H35N3O4/c1-5-18(2)24-14-11-23(12-15-24)21(27)25(16-17-29-3)22(28)26(23)13-10-19-6-8-20(30-4)9-7-19/h6-9,18H,5,10-17H2,1-4H3. The highest BCUT2D eigenvalue weighted by Crippen LogP contribution is 2.38. The average Bonchev–Trinajstić information content (AvgIpc) is 2.97. The number of likely N-dealkylation sites (tertiary alicyclic amines) is 1. The Hall–Kier alpha value is -2.12. The Morgan fingerprint density at radius 3 is 2.30 bits per heavy atom. The van der Waals surface area contributed by atoms with Gasteiger partial charge >= 0.3 is 6.03 Å². The zero-order chi connectivity index (χ0) is 21.7. The maximum Gasteiger partial charge on any atom is 0.327 e. The molecule has 166 valence electrons. The summed E-state index contributed by atoms with van der Waals surface area (Å²) < 4.78 is 10.4. The van der Waals surface area contributed by atoms with Gasteiger partial charge in [-0.15, -0.1) is 0 Å². The highest BCUT2D eigenvalue weighted by atomic mass is 16.5. The van der Waals surface area contributed by atoms with E-state index in [2.05, 4.69) is 18.7 Å². The number of carbonyl (C=O) groups is 2. The number of piperidine rings is 1. The molecule has 2 fully saturated rings. The summed E-state index contributed by atoms with van der Waals surface area (Å²) >= 11 is 0. The molecule has 3 rings (SSSR count). The summed E-state index contributed by atoms with van der Waals surface area (Å²) in [5.74, 6) is 0.758. The van der Waals surface area contributed by atoms with Crippen LogP contribution in [0.1, 0.15) is 38.7 Å². The van der Waals surface area contributed by atoms with Crippen molar-refractivity contribution in [1.29, 1.82) is 0 Å². The van der Waals surface area contributed by atoms with E-state index in [-0.39, 0.29) is 11.9 Å². The molecule has 0 aliphatic carbocycles. The van der Waals surface area contributed by atoms with Gasteiger partial charge in [0.25, 0.3) is 5.91 Å². The van der Waals surface area contributed by atoms with Crippen molar-refractivity contribution in [1.82, 2.24) is 14.7 Å². The normalized spacial score (nSPS) is 20.3. The van der Waals surface area contributed by atoms with Crippen LogP contribution in [0.2, 0.25) is 0 Å². The second-order valence-corrected chi connectivity index (χ2v) is 8.31. The highest BCUT2D eigenvalue weighted by Gasteiger charge is 2.57. The number of ether oxygens (including phenoxy) is 2. The minimum absolute atomic E-state index is 0.0527. The van der Waals surface area contributed by atoms with Crippen molar-refractivity contribution >= 4 is 11.9 Å². The van der Waals surface area contributed by atoms with Crippen molar-refractivity contribution in [3.8, 4) is 5.75 Å². The molecule has 1 aromatic carbocycles. The number of carbonyl (C=O) groups excluding carboxylic acids is 2. The molecule has 1 atom stereocenters. The second-order valence-electron chi connectivity index (χ2n) is 8.31. The molecule has 2 aliphatic rings. The first-order valence-electron chi connectivity index (χ1n) is 11.0. The van der Waals surface area contributed by atoms with Crippen LogP contribution in [0.15, 0.2) is 24.3 Å². The smallest absolute Gasteiger partial charge is 0.327 e. The number of hydrogen-bond donors (Lipinski definition) is 0. The molecule has 7 heteroatoms. The first-order valence-corrected chi connectivity index (χ1v) is 11.0. The fourth-order valence-corrected chi connectivity index (χ4v) is 4.58. The largest absolute Gasteiger partial charge is 0.497 e. The van der Waals surface area contributed by atoms with Crippen molar-refractivity contribution in [2.24, 2.45) is 0 Å². The molecule has 30 heavy (non-hydrogen) atoms. The van der Waals surface area contributed by atoms with Gasteiger partial charge in [0.15, 0.2) is 0 Å². The van der Waals surface area contributed by atoms with E-state index in [9.17, 15) is 9.59 Å². The summed E-state index contributed by atoms with van der Waals surface area (Å²) in [7, 11) is 3.24. The molecule has 3 amide bonds. The van der Waals surface area contributed by atoms with Gasteiger partial charge < -0.3 is 19.3 Å². The predicted molar refractivity (Wildman–Crippen MR) is 116 cm³/mol. The fourth-order valence-electron chi connectivity index (χ4n) is 4.58. The Morgan fingerprint density at radius 2 is 1.73 bits per heavy atom. The lowest BCUT2D eigenvalue weighted by Crippen LogP contribution is -2.58. The van der Waals surface area contributed by atoms with E-state index in [1.165, 1.54) is 4.90 Å². The molecule has 0 N–H and O–H groups in total. The molecular weight excluding hydrogens is 382 g/mol. The second kappa shape index (κ2) is 9.79. The molecule has 0 radical (unpaired) electrons. The van der Waals surface area contributed by atoms with Crippen LogP contribution in [-0.2, 0) is 16.0 Å². The van der Waals surface area contributed by atoms with Gasteiger partial charge in [0.05, 0.1) is 20.3 Å². The summed E-state index contributed by atoms with van der Waals surface area (Å²) in [6, 6.07) is 8.20. The number of methoxy groups -OCH3 is 2. The van der Waals surface area contributed by atoms with Gasteiger partial charge in [0.2, 0.25) is 0 Å². The molecule has 1 spiro atoms. The average molecular weight is 418 g/mol. The van der Waals surface area contributed by atoms with Gasteiger partial charge in [0, 0.05) is 32.8 Å². The van der Waals surface area contributed by atoms with Crippen LogP contribution >= 0.6 is 0 Å². The molecule has 2 aliphatic heterocycles. The first kappa shape index (κ1) is 22.6. The summed E-state index contributed by atoms with van der Waals surface area (Å²) in [6.45, 7) is 7.29. The van der Waals surface area contributed by atoms with Gasteiger partial charge in [-0.2, -0.15) is 0 Å². The van der Waals surface area contributed by atoms with Gasteiger partial charge in [-0.1, -0.05) is 19.1 Å². The fraction of sp³-hybridized carbons (Fsp3) is 0.652. The Labute approximate surface area is 179 Å². The van der Waals surface area contributed by atoms with Crippen LogP contribution in [0.3, 0.4) is 0 Å². The van der Waals surface area contributed by atoms with E-state index in [1.54, 1.807) is 14.2 Å². The minimum atomic E-state index is -0.721. The summed E-state index contributed by atoms with van der Waals surface area (Å²) in [5.41, 5.74) is 0.403. The van der Waals surface area contributed by atoms with Crippen molar-refractivity contribution in [2.45, 2.75) is 51.1 Å². The lowest BCUT2D eigenvalue weighted by Gasteiger charge is -2.44. The summed E-state index contributed by atoms with van der Waals surface area (Å²) in [5, 5.41) is 0. The SMILES string of the molecule is CCC(C)N1CCC2(CC1)C(=O)N(CCOC)C(=O)N2CCc1ccc(OC)cc1. The van der Waals surface area contributed by atoms with E-state index in [0.29, 0.717) is 45.0 Å². The maximum absolute atomic E-state index is 13.4. The Bertz CT molecular complexity index is 728. The predicted octanol–water partition coefficient (Wildman–Crippen LogP) is 2.78. The van der Waals surface area contributed by atoms with E-state index >= 15 is 0 Å². The van der Waals surface area contributed by atoms with Gasteiger partial charge in [-0.05, 0) is 50.3 Å². The van der Waals surface area contributed by atoms with E-state index in [4.69, 9.17) is 9.47 Å². The first-order chi connectivity index (χ1) is 14.5. The van der Waals surface area contributed by atoms with Crippen LogP contribution in [-0.4, -0.2) is 85.2 Å². The summed E-state index contributed by atoms with van der Waals surface area (Å²) in [6.07, 6.45) is 3.17. The Balaban J connectivity index is 1.77. The highest BCUT2D eigenvalue weighted by molar-refractivity contribution is 6.07. The van der Waals surface area contributed by atoms with Crippen LogP contribution in [0, 0.1) is 0 Å². The molecule has 2 saturated heterocycles. The van der Waals surface area contributed by atoms with Crippen LogP contribution in [0.25, 0.3) is 0 Å². The summed E-state index contributed by atoms with van der Waals surface area (Å²) in [4.78, 5) is 32.3. The monoisotopic (exact) mass is 417 g/mol. The molecule has 2 heterocycles. The number of urea groups is 1. The lowest BCUT2D eigenvalue weighted by molar-refractivity contribution is -0.136. The van der Waals surface area contributed by atoms with E-state index in [0.717, 1.165) is 30.8 Å². The van der Waals surface area contributed by atoms with Crippen LogP contribution in [0.5, 0.6) is 5.75 Å². The Kier molecular flexibility index (Phi) is 7.36. The van der Waals surface area contributed by atoms with Gasteiger partial charge in [-0.3, -0.25) is 9.69 Å². The zero-order valence-electron chi connectivity index (χ0n) is 18.7. The molecule has 0 bridgehead atoms. The number of nitrogens with zero attached hydrogens (tertiary/aromatic N) is 3. The van der Waals surface area contributed by atoms with Crippen molar-refractivity contribution in [3.05, 3.63) is 29.8 Å². The molecule has 7 nitrogen and oxygen atoms in total. The number of hydrogen-bond acceptors (Lipinski definition) is 5. The van der Waals surface area contributed by atoms with Crippen LogP contribution in [0.4, 0.5) is 4.79 Å². The topological polar surface area (TPSA) is 62.3 Å². The number of benzene rings is 1. The lowest BCUT2D eigenvalue weighted by atomic mass is 9.85. The molecule has 0 aromatic heterocycles. The quantitative estimate of drug-likeness (QED) is 0.578. The third-order valence-corrected chi connectivity index (χ3v) is 6.76. The van der Waals surface area contributed by atoms with E-state index < -0.39 is 5.54 Å². The Morgan fingerprint density at radius 1 is 1.07 bits per heavy atom. The third kappa shape index (κ3) is 4.32. The van der Waals surface area contributed by atoms with Gasteiger partial charge in [0.1, 0.15) is 11.3 Å². The minimum Gasteiger partial charge on any atom is -0.497 e. The third-order valence-electron chi connectivity index (χ3n) is 6.76. The van der Waals surface area contributed by atoms with Gasteiger partial charge in [-0.25, -0.2) is 4.79 Å². The molecule has 1 unspecified atom stereocenters. The number of rotatable bonds is 9. The van der Waals surface area contributed by atoms with Crippen molar-refractivity contribution in [3.63, 3.8) is 0 Å². The molecular formula is C23H35N3O4. The van der Waals surface area contributed by atoms with E-state index in [1.807, 2.05) is 29.2 Å². The van der Waals surface area contributed by atoms with Crippen molar-refractivity contribution < 1.29 is 19.1 Å². The molecule has 0 saturated carbocycles. The zero-order valence-corrected chi connectivity index (χ0v) is 18.7. The molecule has 1 aromatic rings.